The van der Waals surface area contributed by atoms with Crippen LogP contribution < -0.4 is 31.6 Å². The van der Waals surface area contributed by atoms with E-state index in [9.17, 15) is 49.5 Å². The van der Waals surface area contributed by atoms with Crippen molar-refractivity contribution in [3.63, 3.8) is 0 Å². The lowest BCUT2D eigenvalue weighted by Gasteiger charge is -2.49. The summed E-state index contributed by atoms with van der Waals surface area (Å²) in [6.45, 7) is 0.680. The number of carbonyl (C=O) groups excluding carboxylic acids is 5. The van der Waals surface area contributed by atoms with Gasteiger partial charge in [0.2, 0.25) is 12.1 Å². The molecule has 0 aromatic heterocycles. The lowest BCUT2D eigenvalue weighted by molar-refractivity contribution is -0.316. The van der Waals surface area contributed by atoms with Gasteiger partial charge in [0.1, 0.15) is 47.4 Å². The molecular weight excluding hydrogens is 784 g/mol. The van der Waals surface area contributed by atoms with Crippen LogP contribution in [-0.2, 0) is 38.5 Å². The summed E-state index contributed by atoms with van der Waals surface area (Å²) in [4.78, 5) is 70.5. The molecule has 6 atom stereocenters. The third-order valence-corrected chi connectivity index (χ3v) is 11.3. The van der Waals surface area contributed by atoms with Crippen LogP contribution in [0.2, 0.25) is 0 Å². The van der Waals surface area contributed by atoms with Crippen LogP contribution in [0.5, 0.6) is 17.2 Å². The zero-order valence-electron chi connectivity index (χ0n) is 33.1. The summed E-state index contributed by atoms with van der Waals surface area (Å²) in [6, 6.07) is 2.73. The van der Waals surface area contributed by atoms with Crippen LogP contribution >= 0.6 is 0 Å². The minimum absolute atomic E-state index is 0.0207. The number of phenols is 1. The lowest BCUT2D eigenvalue weighted by Crippen LogP contribution is -2.68. The summed E-state index contributed by atoms with van der Waals surface area (Å²) in [7, 11) is 2.77. The first-order chi connectivity index (χ1) is 28.6. The number of aliphatic hydroxyl groups excluding tert-OH is 3. The van der Waals surface area contributed by atoms with E-state index in [2.05, 4.69) is 15.6 Å². The van der Waals surface area contributed by atoms with E-state index in [1.54, 1.807) is 13.0 Å². The average Bonchev–Trinajstić information content (AvgIpc) is 3.55. The Morgan fingerprint density at radius 1 is 1.12 bits per heavy atom. The van der Waals surface area contributed by atoms with Gasteiger partial charge in [-0.3, -0.25) is 29.1 Å². The van der Waals surface area contributed by atoms with E-state index in [0.717, 1.165) is 17.1 Å². The topological polar surface area (TPSA) is 306 Å². The summed E-state index contributed by atoms with van der Waals surface area (Å²) in [5.41, 5.74) is 9.85. The number of rotatable bonds is 15. The number of methoxy groups -OCH3 is 1. The third-order valence-electron chi connectivity index (χ3n) is 11.3. The highest BCUT2D eigenvalue weighted by atomic mass is 16.7. The Bertz CT molecular complexity index is 2210. The third kappa shape index (κ3) is 7.84. The van der Waals surface area contributed by atoms with E-state index < -0.39 is 78.3 Å². The number of amides is 2. The number of aryl methyl sites for hydroxylation is 1. The molecule has 1 fully saturated rings. The SMILES string of the molecule is CCc1c(OC)cc(O[C@@H]2O[C@H](CO)[C@](O)(C[C@H](CN3C(=O)C=CC3=O)C3=CCNC(N)=C3)[C@H](O)[C@H]2O)c2c1C(=O)c1cc(CCC=O)c(CNC(N)=NC)c(O)c1C2=O. The molecule has 4 aliphatic rings. The first-order valence-corrected chi connectivity index (χ1v) is 19.2. The molecule has 3 aliphatic heterocycles. The minimum atomic E-state index is -2.44. The van der Waals surface area contributed by atoms with Crippen LogP contribution in [0.1, 0.15) is 68.3 Å². The monoisotopic (exact) mass is 832 g/mol. The van der Waals surface area contributed by atoms with Gasteiger partial charge in [-0.25, -0.2) is 0 Å². The number of phenolic OH excluding ortho intramolecular Hbond substituents is 1. The Hall–Kier alpha value is -6.12. The summed E-state index contributed by atoms with van der Waals surface area (Å²) in [5.74, 6) is -4.14. The molecule has 320 valence electrons. The van der Waals surface area contributed by atoms with Crippen LogP contribution in [0.4, 0.5) is 0 Å². The van der Waals surface area contributed by atoms with E-state index in [4.69, 9.17) is 25.7 Å². The second-order valence-corrected chi connectivity index (χ2v) is 14.7. The minimum Gasteiger partial charge on any atom is -0.507 e. The highest BCUT2D eigenvalue weighted by Crippen LogP contribution is 2.46. The van der Waals surface area contributed by atoms with Crippen LogP contribution in [0.25, 0.3) is 0 Å². The molecule has 60 heavy (non-hydrogen) atoms. The predicted octanol–water partition coefficient (Wildman–Crippen LogP) is -1.29. The lowest BCUT2D eigenvalue weighted by atomic mass is 9.75. The van der Waals surface area contributed by atoms with Gasteiger partial charge >= 0.3 is 0 Å². The van der Waals surface area contributed by atoms with Crippen molar-refractivity contribution >= 4 is 35.6 Å². The average molecular weight is 833 g/mol. The molecule has 11 N–H and O–H groups in total. The molecule has 0 unspecified atom stereocenters. The van der Waals surface area contributed by atoms with Crippen LogP contribution in [0.15, 0.2) is 52.8 Å². The Labute approximate surface area is 344 Å². The number of dihydropyridines is 1. The summed E-state index contributed by atoms with van der Waals surface area (Å²) in [5, 5.41) is 63.5. The van der Waals surface area contributed by atoms with Gasteiger partial charge < -0.3 is 66.6 Å². The second-order valence-electron chi connectivity index (χ2n) is 14.7. The highest BCUT2D eigenvalue weighted by molar-refractivity contribution is 6.31. The van der Waals surface area contributed by atoms with E-state index in [-0.39, 0.29) is 90.0 Å². The number of guanidine groups is 1. The summed E-state index contributed by atoms with van der Waals surface area (Å²) in [6.07, 6.45) is -1.75. The van der Waals surface area contributed by atoms with Crippen LogP contribution in [0, 0.1) is 5.92 Å². The number of ketones is 2. The Balaban J connectivity index is 1.38. The number of nitrogens with one attached hydrogen (secondary N) is 2. The fourth-order valence-corrected chi connectivity index (χ4v) is 8.15. The quantitative estimate of drug-likeness (QED) is 0.0373. The first kappa shape index (κ1) is 43.5. The molecule has 19 heteroatoms. The maximum atomic E-state index is 14.7. The van der Waals surface area contributed by atoms with Crippen molar-refractivity contribution in [1.29, 1.82) is 0 Å². The molecule has 2 aromatic carbocycles. The molecule has 0 spiro atoms. The largest absolute Gasteiger partial charge is 0.507 e. The number of carbonyl (C=O) groups is 5. The van der Waals surface area contributed by atoms with E-state index in [1.807, 2.05) is 0 Å². The van der Waals surface area contributed by atoms with Gasteiger partial charge in [0.05, 0.1) is 30.7 Å². The molecular formula is C41H48N6O13. The van der Waals surface area contributed by atoms with Gasteiger partial charge in [-0.15, -0.1) is 0 Å². The molecule has 0 bridgehead atoms. The standard InChI is InChI=1S/C41H48N6O13/c1-4-22-25(58-3)14-26(33-31(22)34(52)23-12-20(6-5-11-48)24(16-46-40(43)44-2)35(53)32(23)36(33)54)59-39-37(55)38(56)41(57,27(18-49)60-39)15-21(19-9-10-45-28(42)13-19)17-47-29(50)7-8-30(47)51/h7-9,11-14,21,27,37-39,45,49,53,55-57H,4-6,10,15-18,42H2,1-3H3,(H3,43,44,46)/t21-,27-,37-,38-,39-,41-/m1/s1. The van der Waals surface area contributed by atoms with Gasteiger partial charge in [0.15, 0.2) is 11.7 Å². The first-order valence-electron chi connectivity index (χ1n) is 19.2. The Morgan fingerprint density at radius 2 is 1.83 bits per heavy atom. The van der Waals surface area contributed by atoms with Crippen molar-refractivity contribution < 1.29 is 63.7 Å². The number of aromatic hydroxyl groups is 1. The van der Waals surface area contributed by atoms with E-state index in [0.29, 0.717) is 23.0 Å². The van der Waals surface area contributed by atoms with Gasteiger partial charge in [-0.1, -0.05) is 13.0 Å². The highest BCUT2D eigenvalue weighted by Gasteiger charge is 2.57. The molecule has 6 rings (SSSR count). The number of nitrogens with zero attached hydrogens (tertiary/aromatic N) is 2. The Kier molecular flexibility index (Phi) is 12.8. The van der Waals surface area contributed by atoms with E-state index >= 15 is 0 Å². The molecule has 1 aliphatic carbocycles. The van der Waals surface area contributed by atoms with Crippen molar-refractivity contribution in [2.24, 2.45) is 22.4 Å². The number of fused-ring (bicyclic) bond motifs is 2. The van der Waals surface area contributed by atoms with Gasteiger partial charge in [-0.05, 0) is 42.5 Å². The van der Waals surface area contributed by atoms with Crippen LogP contribution in [-0.4, -0.2) is 130 Å². The number of aliphatic hydroxyl groups is 4. The maximum Gasteiger partial charge on any atom is 0.253 e. The van der Waals surface area contributed by atoms with Gasteiger partial charge in [0, 0.05) is 79.5 Å². The summed E-state index contributed by atoms with van der Waals surface area (Å²) >= 11 is 0. The molecule has 2 amide bonds. The number of hydrogen-bond acceptors (Lipinski definition) is 16. The van der Waals surface area contributed by atoms with Crippen molar-refractivity contribution in [1.82, 2.24) is 15.5 Å². The number of aldehydes is 1. The number of ether oxygens (including phenoxy) is 3. The van der Waals surface area contributed by atoms with Crippen molar-refractivity contribution in [3.8, 4) is 17.2 Å². The number of allylic oxidation sites excluding steroid dienone is 1. The molecule has 3 heterocycles. The maximum absolute atomic E-state index is 14.7. The number of hydrogen-bond donors (Lipinski definition) is 9. The molecule has 2 aromatic rings. The molecule has 1 saturated heterocycles. The van der Waals surface area contributed by atoms with Crippen molar-refractivity contribution in [2.45, 2.75) is 69.4 Å². The van der Waals surface area contributed by atoms with Gasteiger partial charge in [0.25, 0.3) is 11.8 Å². The number of benzene rings is 2. The predicted molar refractivity (Wildman–Crippen MR) is 212 cm³/mol. The smallest absolute Gasteiger partial charge is 0.253 e. The van der Waals surface area contributed by atoms with Crippen molar-refractivity contribution in [3.05, 3.63) is 86.8 Å². The zero-order valence-corrected chi connectivity index (χ0v) is 33.1. The molecule has 0 radical (unpaired) electrons. The number of imide groups is 1. The summed E-state index contributed by atoms with van der Waals surface area (Å²) < 4.78 is 17.7. The van der Waals surface area contributed by atoms with E-state index in [1.165, 1.54) is 32.4 Å². The number of nitrogens with two attached hydrogens (primary N) is 2. The number of aliphatic imine (C=N–C) groups is 1. The molecule has 19 nitrogen and oxygen atoms in total. The normalized spacial score (nSPS) is 24.3. The van der Waals surface area contributed by atoms with Gasteiger partial charge in [-0.2, -0.15) is 0 Å². The second kappa shape index (κ2) is 17.6. The zero-order chi connectivity index (χ0) is 43.6. The molecule has 0 saturated carbocycles. The fraction of sp³-hybridized carbons (Fsp3) is 0.415. The van der Waals surface area contributed by atoms with Crippen molar-refractivity contribution in [2.75, 3.05) is 33.9 Å². The Morgan fingerprint density at radius 3 is 2.45 bits per heavy atom. The van der Waals surface area contributed by atoms with Crippen LogP contribution in [0.3, 0.4) is 0 Å². The fourth-order valence-electron chi connectivity index (χ4n) is 8.15.